The van der Waals surface area contributed by atoms with Crippen molar-refractivity contribution in [2.24, 2.45) is 0 Å². The molecule has 0 spiro atoms. The van der Waals surface area contributed by atoms with Crippen molar-refractivity contribution in [1.82, 2.24) is 15.1 Å². The van der Waals surface area contributed by atoms with Gasteiger partial charge in [-0.3, -0.25) is 24.6 Å². The lowest BCUT2D eigenvalue weighted by molar-refractivity contribution is -0.355. The number of aliphatic hydroxyl groups is 4. The zero-order valence-electron chi connectivity index (χ0n) is 19.9. The molecule has 2 aromatic carbocycles. The van der Waals surface area contributed by atoms with Gasteiger partial charge in [0.15, 0.2) is 6.04 Å². The summed E-state index contributed by atoms with van der Waals surface area (Å²) in [6, 6.07) is 10.9. The highest BCUT2D eigenvalue weighted by molar-refractivity contribution is 6.08. The summed E-state index contributed by atoms with van der Waals surface area (Å²) in [5.41, 5.74) is 3.51. The number of amides is 3. The highest BCUT2D eigenvalue weighted by Gasteiger charge is 2.67. The summed E-state index contributed by atoms with van der Waals surface area (Å²) in [6.45, 7) is 4.37. The third-order valence-electron chi connectivity index (χ3n) is 7.02. The van der Waals surface area contributed by atoms with Crippen molar-refractivity contribution in [2.75, 3.05) is 31.6 Å². The first-order chi connectivity index (χ1) is 17.6. The van der Waals surface area contributed by atoms with Crippen molar-refractivity contribution in [3.8, 4) is 0 Å². The minimum atomic E-state index is -3.70. The van der Waals surface area contributed by atoms with E-state index in [4.69, 9.17) is 4.74 Å². The molecule has 2 fully saturated rings. The van der Waals surface area contributed by atoms with Gasteiger partial charge in [0.05, 0.1) is 13.2 Å². The van der Waals surface area contributed by atoms with E-state index in [1.165, 1.54) is 11.6 Å². The number of nitrogens with one attached hydrogen (secondary N) is 2. The molecular formula is C25H28N4O8. The molecular weight excluding hydrogens is 484 g/mol. The molecule has 1 atom stereocenters. The number of hydrogen-bond donors (Lipinski definition) is 6. The van der Waals surface area contributed by atoms with Gasteiger partial charge >= 0.3 is 5.79 Å². The molecule has 0 bridgehead atoms. The zero-order chi connectivity index (χ0) is 26.4. The minimum absolute atomic E-state index is 0.216. The lowest BCUT2D eigenvalue weighted by Crippen LogP contribution is -2.79. The predicted octanol–water partition coefficient (Wildman–Crippen LogP) is -1.53. The van der Waals surface area contributed by atoms with E-state index in [1.807, 2.05) is 12.1 Å². The van der Waals surface area contributed by atoms with Gasteiger partial charge < -0.3 is 35.4 Å². The van der Waals surface area contributed by atoms with Crippen LogP contribution in [0.3, 0.4) is 0 Å². The molecule has 1 unspecified atom stereocenters. The fourth-order valence-electron chi connectivity index (χ4n) is 4.87. The number of piperidine rings is 1. The standard InChI is InChI=1S/C25H28N4O8/c30-21-20(24(33,34)25(35,36)23(32)27-21)29-14-18-17(22(29)31)2-1-3-19(18)26-12-15-4-6-16(7-5-15)13-28-8-10-37-11-9-28/h1-7,20,26,33-36H,8-14H2,(H,27,30,32). The van der Waals surface area contributed by atoms with E-state index >= 15 is 0 Å². The lowest BCUT2D eigenvalue weighted by Gasteiger charge is -2.44. The van der Waals surface area contributed by atoms with Crippen LogP contribution >= 0.6 is 0 Å². The monoisotopic (exact) mass is 512 g/mol. The van der Waals surface area contributed by atoms with Crippen molar-refractivity contribution in [3.63, 3.8) is 0 Å². The number of nitrogens with zero attached hydrogens (tertiary/aromatic N) is 2. The van der Waals surface area contributed by atoms with Crippen LogP contribution in [0, 0.1) is 0 Å². The van der Waals surface area contributed by atoms with Crippen LogP contribution in [0.2, 0.25) is 0 Å². The van der Waals surface area contributed by atoms with E-state index in [2.05, 4.69) is 22.3 Å². The molecule has 3 aliphatic rings. The van der Waals surface area contributed by atoms with Gasteiger partial charge in [0.1, 0.15) is 0 Å². The van der Waals surface area contributed by atoms with Crippen molar-refractivity contribution >= 4 is 23.4 Å². The molecule has 0 radical (unpaired) electrons. The van der Waals surface area contributed by atoms with Crippen LogP contribution in [0.25, 0.3) is 0 Å². The van der Waals surface area contributed by atoms with E-state index in [9.17, 15) is 34.8 Å². The average molecular weight is 513 g/mol. The minimum Gasteiger partial charge on any atom is -0.381 e. The summed E-state index contributed by atoms with van der Waals surface area (Å²) in [5.74, 6) is -11.0. The molecule has 3 aliphatic heterocycles. The highest BCUT2D eigenvalue weighted by Crippen LogP contribution is 2.36. The first-order valence-electron chi connectivity index (χ1n) is 11.9. The molecule has 5 rings (SSSR count). The first kappa shape index (κ1) is 25.3. The Morgan fingerprint density at radius 2 is 1.65 bits per heavy atom. The van der Waals surface area contributed by atoms with Gasteiger partial charge in [-0.2, -0.15) is 0 Å². The molecule has 3 amide bonds. The smallest absolute Gasteiger partial charge is 0.303 e. The second kappa shape index (κ2) is 9.49. The van der Waals surface area contributed by atoms with Crippen LogP contribution in [-0.2, 0) is 34.0 Å². The van der Waals surface area contributed by atoms with Crippen molar-refractivity contribution < 1.29 is 39.5 Å². The fourth-order valence-corrected chi connectivity index (χ4v) is 4.87. The third kappa shape index (κ3) is 4.48. The van der Waals surface area contributed by atoms with Crippen molar-refractivity contribution in [1.29, 1.82) is 0 Å². The third-order valence-corrected chi connectivity index (χ3v) is 7.02. The van der Waals surface area contributed by atoms with Crippen LogP contribution in [0.4, 0.5) is 5.69 Å². The van der Waals surface area contributed by atoms with Crippen molar-refractivity contribution in [2.45, 2.75) is 37.3 Å². The van der Waals surface area contributed by atoms with Crippen LogP contribution in [0.5, 0.6) is 0 Å². The topological polar surface area (TPSA) is 172 Å². The van der Waals surface area contributed by atoms with Crippen molar-refractivity contribution in [3.05, 3.63) is 64.7 Å². The Kier molecular flexibility index (Phi) is 6.48. The van der Waals surface area contributed by atoms with Gasteiger partial charge in [-0.1, -0.05) is 30.3 Å². The Hall–Kier alpha value is -3.39. The summed E-state index contributed by atoms with van der Waals surface area (Å²) < 4.78 is 5.38. The van der Waals surface area contributed by atoms with E-state index in [0.29, 0.717) is 17.8 Å². The van der Waals surface area contributed by atoms with Crippen LogP contribution in [-0.4, -0.2) is 91.9 Å². The molecule has 37 heavy (non-hydrogen) atoms. The SMILES string of the molecule is O=C1NC(=O)C(O)(O)C(O)(O)C1N1Cc2c(NCc3ccc(CN4CCOCC4)cc3)cccc2C1=O. The summed E-state index contributed by atoms with van der Waals surface area (Å²) in [7, 11) is 0. The largest absolute Gasteiger partial charge is 0.381 e. The Labute approximate surface area is 212 Å². The molecule has 12 heteroatoms. The molecule has 2 aromatic rings. The predicted molar refractivity (Wildman–Crippen MR) is 127 cm³/mol. The molecule has 2 saturated heterocycles. The Morgan fingerprint density at radius 3 is 2.35 bits per heavy atom. The van der Waals surface area contributed by atoms with Gasteiger partial charge in [0.25, 0.3) is 23.5 Å². The molecule has 0 aromatic heterocycles. The number of ether oxygens (including phenoxy) is 1. The summed E-state index contributed by atoms with van der Waals surface area (Å²) in [6.07, 6.45) is 0. The number of fused-ring (bicyclic) bond motifs is 1. The molecule has 6 N–H and O–H groups in total. The van der Waals surface area contributed by atoms with Crippen LogP contribution in [0.15, 0.2) is 42.5 Å². The van der Waals surface area contributed by atoms with E-state index in [1.54, 1.807) is 17.4 Å². The molecule has 12 nitrogen and oxygen atoms in total. The number of rotatable bonds is 6. The van der Waals surface area contributed by atoms with Crippen LogP contribution in [0.1, 0.15) is 27.0 Å². The Bertz CT molecular complexity index is 1220. The number of hydrogen-bond acceptors (Lipinski definition) is 10. The number of imide groups is 1. The fraction of sp³-hybridized carbons (Fsp3) is 0.400. The maximum atomic E-state index is 13.1. The summed E-state index contributed by atoms with van der Waals surface area (Å²) in [5, 5.41) is 45.5. The van der Waals surface area contributed by atoms with Gasteiger partial charge in [-0.25, -0.2) is 0 Å². The molecule has 196 valence electrons. The Morgan fingerprint density at radius 1 is 0.973 bits per heavy atom. The number of carbonyl (C=O) groups is 3. The van der Waals surface area contributed by atoms with Gasteiger partial charge in [0, 0.05) is 49.5 Å². The number of carbonyl (C=O) groups excluding carboxylic acids is 3. The first-order valence-corrected chi connectivity index (χ1v) is 11.9. The molecule has 0 aliphatic carbocycles. The number of morpholine rings is 1. The Balaban J connectivity index is 1.29. The lowest BCUT2D eigenvalue weighted by atomic mass is 9.90. The maximum Gasteiger partial charge on any atom is 0.303 e. The highest BCUT2D eigenvalue weighted by atomic mass is 16.6. The zero-order valence-corrected chi connectivity index (χ0v) is 19.9. The molecule has 0 saturated carbocycles. The van der Waals surface area contributed by atoms with Gasteiger partial charge in [-0.05, 0) is 23.3 Å². The van der Waals surface area contributed by atoms with E-state index in [0.717, 1.165) is 43.3 Å². The summed E-state index contributed by atoms with van der Waals surface area (Å²) in [4.78, 5) is 40.4. The second-order valence-electron chi connectivity index (χ2n) is 9.44. The summed E-state index contributed by atoms with van der Waals surface area (Å²) >= 11 is 0. The quantitative estimate of drug-likeness (QED) is 0.197. The van der Waals surface area contributed by atoms with Gasteiger partial charge in [-0.15, -0.1) is 0 Å². The van der Waals surface area contributed by atoms with Gasteiger partial charge in [0.2, 0.25) is 0 Å². The van der Waals surface area contributed by atoms with E-state index < -0.39 is 35.3 Å². The normalized spacial score (nSPS) is 23.1. The number of anilines is 1. The molecule has 3 heterocycles. The van der Waals surface area contributed by atoms with Crippen LogP contribution < -0.4 is 10.6 Å². The van der Waals surface area contributed by atoms with E-state index in [-0.39, 0.29) is 12.1 Å². The maximum absolute atomic E-state index is 13.1. The number of benzene rings is 2. The second-order valence-corrected chi connectivity index (χ2v) is 9.44. The average Bonchev–Trinajstić information content (AvgIpc) is 3.19.